The molecule has 88 valence electrons. The minimum Gasteiger partial charge on any atom is -0.466 e. The normalized spacial score (nSPS) is 15.1. The molecule has 2 rings (SSSR count). The summed E-state index contributed by atoms with van der Waals surface area (Å²) in [5.74, 6) is -0.343. The second kappa shape index (κ2) is 4.15. The molecule has 0 saturated heterocycles. The van der Waals surface area contributed by atoms with Crippen molar-refractivity contribution in [1.29, 1.82) is 0 Å². The molecule has 1 N–H and O–H groups in total. The van der Waals surface area contributed by atoms with E-state index >= 15 is 0 Å². The van der Waals surface area contributed by atoms with Crippen LogP contribution in [0, 0.1) is 6.92 Å². The summed E-state index contributed by atoms with van der Waals surface area (Å²) in [5.41, 5.74) is 1.23. The first-order chi connectivity index (χ1) is 7.63. The summed E-state index contributed by atoms with van der Waals surface area (Å²) in [6, 6.07) is 0.308. The summed E-state index contributed by atoms with van der Waals surface area (Å²) in [6.07, 6.45) is 2.14. The van der Waals surface area contributed by atoms with Gasteiger partial charge in [0.1, 0.15) is 0 Å². The number of aryl methyl sites for hydroxylation is 1. The van der Waals surface area contributed by atoms with Crippen LogP contribution in [0.4, 0.5) is 0 Å². The molecule has 0 bridgehead atoms. The molecule has 0 atom stereocenters. The molecule has 1 heterocycles. The van der Waals surface area contributed by atoms with Gasteiger partial charge < -0.3 is 4.74 Å². The molecule has 1 aromatic heterocycles. The van der Waals surface area contributed by atoms with Gasteiger partial charge in [-0.05, 0) is 26.7 Å². The lowest BCUT2D eigenvalue weighted by Crippen LogP contribution is -2.20. The lowest BCUT2D eigenvalue weighted by atomic mass is 10.2. The van der Waals surface area contributed by atoms with Crippen LogP contribution in [0.5, 0.6) is 0 Å². The molecule has 1 fully saturated rings. The van der Waals surface area contributed by atoms with Gasteiger partial charge in [0, 0.05) is 5.69 Å². The quantitative estimate of drug-likeness (QED) is 0.774. The number of esters is 1. The van der Waals surface area contributed by atoms with Crippen molar-refractivity contribution < 1.29 is 9.53 Å². The molecule has 1 aliphatic carbocycles. The molecular weight excluding hydrogens is 208 g/mol. The number of nitrogens with zero attached hydrogens (tertiary/aromatic N) is 1. The highest BCUT2D eigenvalue weighted by atomic mass is 16.5. The van der Waals surface area contributed by atoms with Crippen LogP contribution in [0.3, 0.4) is 0 Å². The van der Waals surface area contributed by atoms with E-state index in [4.69, 9.17) is 4.74 Å². The Morgan fingerprint density at radius 1 is 1.56 bits per heavy atom. The number of H-pyrrole nitrogens is 1. The highest BCUT2D eigenvalue weighted by molar-refractivity contribution is 5.72. The second-order valence-electron chi connectivity index (χ2n) is 4.10. The highest BCUT2D eigenvalue weighted by Crippen LogP contribution is 2.33. The Morgan fingerprint density at radius 3 is 2.81 bits per heavy atom. The monoisotopic (exact) mass is 224 g/mol. The van der Waals surface area contributed by atoms with Crippen molar-refractivity contribution in [2.75, 3.05) is 6.61 Å². The maximum atomic E-state index is 11.9. The number of hydrogen-bond donors (Lipinski definition) is 1. The minimum atomic E-state index is -0.343. The third-order valence-corrected chi connectivity index (χ3v) is 2.76. The van der Waals surface area contributed by atoms with Crippen molar-refractivity contribution in [3.8, 4) is 0 Å². The highest BCUT2D eigenvalue weighted by Gasteiger charge is 2.28. The van der Waals surface area contributed by atoms with Crippen LogP contribution in [-0.2, 0) is 16.0 Å². The number of carbonyl (C=O) groups is 1. The summed E-state index contributed by atoms with van der Waals surface area (Å²) >= 11 is 0. The third-order valence-electron chi connectivity index (χ3n) is 2.76. The molecule has 0 aliphatic heterocycles. The summed E-state index contributed by atoms with van der Waals surface area (Å²) in [4.78, 5) is 23.3. The predicted octanol–water partition coefficient (Wildman–Crippen LogP) is 0.925. The van der Waals surface area contributed by atoms with Crippen LogP contribution in [0.25, 0.3) is 0 Å². The van der Waals surface area contributed by atoms with Gasteiger partial charge in [-0.2, -0.15) is 0 Å². The van der Waals surface area contributed by atoms with Crippen molar-refractivity contribution in [2.24, 2.45) is 0 Å². The first-order valence-corrected chi connectivity index (χ1v) is 5.59. The second-order valence-corrected chi connectivity index (χ2v) is 4.10. The summed E-state index contributed by atoms with van der Waals surface area (Å²) in [5, 5.41) is 3.02. The molecule has 1 aliphatic rings. The summed E-state index contributed by atoms with van der Waals surface area (Å²) in [6.45, 7) is 3.91. The van der Waals surface area contributed by atoms with Crippen LogP contribution < -0.4 is 5.56 Å². The van der Waals surface area contributed by atoms with Gasteiger partial charge in [-0.25, -0.2) is 4.68 Å². The molecular formula is C11H16N2O3. The smallest absolute Gasteiger partial charge is 0.310 e. The zero-order valence-corrected chi connectivity index (χ0v) is 9.58. The minimum absolute atomic E-state index is 0.0642. The number of aromatic amines is 1. The number of rotatable bonds is 4. The van der Waals surface area contributed by atoms with Gasteiger partial charge in [0.05, 0.1) is 24.6 Å². The molecule has 1 aromatic rings. The van der Waals surface area contributed by atoms with E-state index in [0.29, 0.717) is 18.2 Å². The Hall–Kier alpha value is -1.52. The fourth-order valence-corrected chi connectivity index (χ4v) is 1.76. The number of carbonyl (C=O) groups excluding carboxylic acids is 1. The zero-order chi connectivity index (χ0) is 11.7. The maximum Gasteiger partial charge on any atom is 0.310 e. The lowest BCUT2D eigenvalue weighted by molar-refractivity contribution is -0.142. The Kier molecular flexibility index (Phi) is 2.85. The van der Waals surface area contributed by atoms with E-state index in [1.807, 2.05) is 6.92 Å². The van der Waals surface area contributed by atoms with Crippen molar-refractivity contribution in [3.05, 3.63) is 21.6 Å². The van der Waals surface area contributed by atoms with Crippen LogP contribution in [0.2, 0.25) is 0 Å². The van der Waals surface area contributed by atoms with Gasteiger partial charge in [0.25, 0.3) is 5.56 Å². The SMILES string of the molecule is CCOC(=O)Cc1c(C)[nH]n(C2CC2)c1=O. The zero-order valence-electron chi connectivity index (χ0n) is 9.58. The average molecular weight is 224 g/mol. The van der Waals surface area contributed by atoms with E-state index in [-0.39, 0.29) is 17.9 Å². The van der Waals surface area contributed by atoms with Gasteiger partial charge in [-0.3, -0.25) is 14.7 Å². The summed E-state index contributed by atoms with van der Waals surface area (Å²) < 4.78 is 6.47. The summed E-state index contributed by atoms with van der Waals surface area (Å²) in [7, 11) is 0. The Balaban J connectivity index is 2.20. The van der Waals surface area contributed by atoms with Gasteiger partial charge in [0.15, 0.2) is 0 Å². The Labute approximate surface area is 93.4 Å². The van der Waals surface area contributed by atoms with Crippen molar-refractivity contribution in [2.45, 2.75) is 39.2 Å². The number of ether oxygens (including phenoxy) is 1. The van der Waals surface area contributed by atoms with Gasteiger partial charge in [-0.15, -0.1) is 0 Å². The van der Waals surface area contributed by atoms with E-state index in [1.165, 1.54) is 0 Å². The number of aromatic nitrogens is 2. The van der Waals surface area contributed by atoms with E-state index < -0.39 is 0 Å². The molecule has 5 heteroatoms. The lowest BCUT2D eigenvalue weighted by Gasteiger charge is -1.99. The third kappa shape index (κ3) is 2.03. The van der Waals surface area contributed by atoms with Gasteiger partial charge >= 0.3 is 5.97 Å². The average Bonchev–Trinajstić information content (AvgIpc) is 3.02. The number of hydrogen-bond acceptors (Lipinski definition) is 3. The van der Waals surface area contributed by atoms with Crippen LogP contribution in [-0.4, -0.2) is 22.4 Å². The predicted molar refractivity (Wildman–Crippen MR) is 58.4 cm³/mol. The van der Waals surface area contributed by atoms with E-state index in [9.17, 15) is 9.59 Å². The topological polar surface area (TPSA) is 64.1 Å². The van der Waals surface area contributed by atoms with E-state index in [1.54, 1.807) is 11.6 Å². The number of nitrogens with one attached hydrogen (secondary N) is 1. The van der Waals surface area contributed by atoms with E-state index in [2.05, 4.69) is 5.10 Å². The fourth-order valence-electron chi connectivity index (χ4n) is 1.76. The van der Waals surface area contributed by atoms with Crippen LogP contribution in [0.15, 0.2) is 4.79 Å². The molecule has 0 aromatic carbocycles. The first-order valence-electron chi connectivity index (χ1n) is 5.59. The molecule has 5 nitrogen and oxygen atoms in total. The van der Waals surface area contributed by atoms with E-state index in [0.717, 1.165) is 18.5 Å². The van der Waals surface area contributed by atoms with Crippen molar-refractivity contribution in [3.63, 3.8) is 0 Å². The van der Waals surface area contributed by atoms with Crippen molar-refractivity contribution >= 4 is 5.97 Å². The first kappa shape index (κ1) is 11.0. The molecule has 1 saturated carbocycles. The van der Waals surface area contributed by atoms with Crippen molar-refractivity contribution in [1.82, 2.24) is 9.78 Å². The van der Waals surface area contributed by atoms with Crippen LogP contribution in [0.1, 0.15) is 37.1 Å². The standard InChI is InChI=1S/C11H16N2O3/c1-3-16-10(14)6-9-7(2)12-13(11(9)15)8-4-5-8/h8,12H,3-6H2,1-2H3. The largest absolute Gasteiger partial charge is 0.466 e. The maximum absolute atomic E-state index is 11.9. The van der Waals surface area contributed by atoms with Gasteiger partial charge in [0.2, 0.25) is 0 Å². The fraction of sp³-hybridized carbons (Fsp3) is 0.636. The Bertz CT molecular complexity index is 454. The van der Waals surface area contributed by atoms with Gasteiger partial charge in [-0.1, -0.05) is 0 Å². The molecule has 0 radical (unpaired) electrons. The van der Waals surface area contributed by atoms with Crippen LogP contribution >= 0.6 is 0 Å². The Morgan fingerprint density at radius 2 is 2.25 bits per heavy atom. The molecule has 0 unspecified atom stereocenters. The molecule has 16 heavy (non-hydrogen) atoms. The molecule has 0 spiro atoms. The molecule has 0 amide bonds.